The number of anilines is 2. The zero-order valence-electron chi connectivity index (χ0n) is 20.6. The third-order valence-electron chi connectivity index (χ3n) is 6.03. The van der Waals surface area contributed by atoms with Crippen molar-refractivity contribution >= 4 is 27.9 Å². The summed E-state index contributed by atoms with van der Waals surface area (Å²) < 4.78 is 27.2. The quantitative estimate of drug-likeness (QED) is 0.400. The standard InChI is InChI=1S/C26H30N2O6S/c1-30-16-10-11-18(20(13-16)32-3)28-25(29)22-17-7-6-8-21(17)35-26(22)27-14-15-9-12-19(31-2)24(34-5)23(15)33-4/h9-13,27H,6-8,14H2,1-5H3,(H,28,29). The Hall–Kier alpha value is -3.59. The molecule has 0 bridgehead atoms. The average Bonchev–Trinajstić information content (AvgIpc) is 3.47. The van der Waals surface area contributed by atoms with E-state index < -0.39 is 0 Å². The molecular weight excluding hydrogens is 468 g/mol. The summed E-state index contributed by atoms with van der Waals surface area (Å²) in [4.78, 5) is 14.8. The van der Waals surface area contributed by atoms with Crippen LogP contribution in [0.15, 0.2) is 30.3 Å². The second-order valence-electron chi connectivity index (χ2n) is 7.93. The van der Waals surface area contributed by atoms with Crippen LogP contribution in [0.25, 0.3) is 0 Å². The number of carbonyl (C=O) groups excluding carboxylic acids is 1. The molecule has 1 aliphatic carbocycles. The molecule has 3 aromatic rings. The fourth-order valence-corrected chi connectivity index (χ4v) is 5.62. The van der Waals surface area contributed by atoms with Crippen molar-refractivity contribution in [1.29, 1.82) is 0 Å². The molecule has 35 heavy (non-hydrogen) atoms. The Morgan fingerprint density at radius 2 is 1.66 bits per heavy atom. The number of methoxy groups -OCH3 is 5. The van der Waals surface area contributed by atoms with Crippen LogP contribution in [-0.4, -0.2) is 41.5 Å². The van der Waals surface area contributed by atoms with Crippen LogP contribution in [0.4, 0.5) is 10.7 Å². The van der Waals surface area contributed by atoms with Crippen LogP contribution >= 0.6 is 11.3 Å². The van der Waals surface area contributed by atoms with Crippen molar-refractivity contribution in [3.8, 4) is 28.7 Å². The Kier molecular flexibility index (Phi) is 7.55. The van der Waals surface area contributed by atoms with Crippen molar-refractivity contribution in [2.45, 2.75) is 25.8 Å². The van der Waals surface area contributed by atoms with Crippen LogP contribution in [0.2, 0.25) is 0 Å². The van der Waals surface area contributed by atoms with E-state index in [1.807, 2.05) is 12.1 Å². The zero-order chi connectivity index (χ0) is 24.9. The molecule has 1 amide bonds. The molecule has 0 aliphatic heterocycles. The lowest BCUT2D eigenvalue weighted by molar-refractivity contribution is 0.102. The van der Waals surface area contributed by atoms with E-state index in [9.17, 15) is 4.79 Å². The van der Waals surface area contributed by atoms with Gasteiger partial charge in [-0.1, -0.05) is 0 Å². The van der Waals surface area contributed by atoms with Gasteiger partial charge in [0, 0.05) is 23.1 Å². The number of aryl methyl sites for hydroxylation is 1. The normalized spacial score (nSPS) is 12.0. The lowest BCUT2D eigenvalue weighted by atomic mass is 10.1. The maximum Gasteiger partial charge on any atom is 0.259 e. The maximum absolute atomic E-state index is 13.5. The van der Waals surface area contributed by atoms with E-state index in [1.54, 1.807) is 65.1 Å². The van der Waals surface area contributed by atoms with Crippen LogP contribution < -0.4 is 34.3 Å². The third-order valence-corrected chi connectivity index (χ3v) is 7.28. The van der Waals surface area contributed by atoms with E-state index in [0.29, 0.717) is 46.5 Å². The Morgan fingerprint density at radius 3 is 2.34 bits per heavy atom. The minimum absolute atomic E-state index is 0.172. The molecule has 0 fully saturated rings. The number of amides is 1. The van der Waals surface area contributed by atoms with E-state index in [0.717, 1.165) is 35.4 Å². The summed E-state index contributed by atoms with van der Waals surface area (Å²) in [6, 6.07) is 9.09. The molecule has 0 atom stereocenters. The van der Waals surface area contributed by atoms with Crippen molar-refractivity contribution in [3.63, 3.8) is 0 Å². The minimum atomic E-state index is -0.172. The summed E-state index contributed by atoms with van der Waals surface area (Å²) in [6.45, 7) is 0.453. The third kappa shape index (κ3) is 4.81. The highest BCUT2D eigenvalue weighted by Crippen LogP contribution is 2.42. The van der Waals surface area contributed by atoms with Crippen LogP contribution in [0.1, 0.15) is 32.8 Å². The second kappa shape index (κ2) is 10.8. The number of carbonyl (C=O) groups is 1. The highest BCUT2D eigenvalue weighted by Gasteiger charge is 2.27. The van der Waals surface area contributed by atoms with Crippen LogP contribution in [0.5, 0.6) is 28.7 Å². The number of fused-ring (bicyclic) bond motifs is 1. The van der Waals surface area contributed by atoms with E-state index in [4.69, 9.17) is 23.7 Å². The smallest absolute Gasteiger partial charge is 0.259 e. The van der Waals surface area contributed by atoms with Gasteiger partial charge >= 0.3 is 0 Å². The molecule has 0 spiro atoms. The topological polar surface area (TPSA) is 87.3 Å². The van der Waals surface area contributed by atoms with Gasteiger partial charge in [0.05, 0.1) is 46.8 Å². The molecule has 1 aliphatic rings. The predicted molar refractivity (Wildman–Crippen MR) is 137 cm³/mol. The van der Waals surface area contributed by atoms with Gasteiger partial charge in [0.1, 0.15) is 16.5 Å². The molecule has 4 rings (SSSR count). The number of hydrogen-bond donors (Lipinski definition) is 2. The van der Waals surface area contributed by atoms with E-state index in [2.05, 4.69) is 10.6 Å². The van der Waals surface area contributed by atoms with E-state index >= 15 is 0 Å². The highest BCUT2D eigenvalue weighted by molar-refractivity contribution is 7.16. The number of thiophene rings is 1. The predicted octanol–water partition coefficient (Wildman–Crippen LogP) is 5.14. The van der Waals surface area contributed by atoms with Gasteiger partial charge in [0.25, 0.3) is 5.91 Å². The second-order valence-corrected chi connectivity index (χ2v) is 9.03. The van der Waals surface area contributed by atoms with Gasteiger partial charge in [-0.2, -0.15) is 0 Å². The fraction of sp³-hybridized carbons (Fsp3) is 0.346. The van der Waals surface area contributed by atoms with Gasteiger partial charge in [-0.05, 0) is 49.1 Å². The molecule has 8 nitrogen and oxygen atoms in total. The monoisotopic (exact) mass is 498 g/mol. The Balaban J connectivity index is 1.62. The molecule has 0 unspecified atom stereocenters. The molecule has 2 aromatic carbocycles. The lowest BCUT2D eigenvalue weighted by Crippen LogP contribution is -2.16. The first-order valence-corrected chi connectivity index (χ1v) is 12.1. The van der Waals surface area contributed by atoms with Crippen molar-refractivity contribution < 1.29 is 28.5 Å². The molecule has 0 saturated heterocycles. The first kappa shape index (κ1) is 24.5. The largest absolute Gasteiger partial charge is 0.497 e. The van der Waals surface area contributed by atoms with Crippen molar-refractivity contribution in [2.24, 2.45) is 0 Å². The van der Waals surface area contributed by atoms with Crippen molar-refractivity contribution in [3.05, 3.63) is 51.9 Å². The Labute approximate surface area is 209 Å². The van der Waals surface area contributed by atoms with E-state index in [1.165, 1.54) is 4.88 Å². The van der Waals surface area contributed by atoms with Gasteiger partial charge in [-0.15, -0.1) is 11.3 Å². The molecular formula is C26H30N2O6S. The first-order valence-electron chi connectivity index (χ1n) is 11.2. The van der Waals surface area contributed by atoms with Gasteiger partial charge in [0.2, 0.25) is 5.75 Å². The number of hydrogen-bond acceptors (Lipinski definition) is 8. The van der Waals surface area contributed by atoms with Crippen LogP contribution in [0, 0.1) is 0 Å². The summed E-state index contributed by atoms with van der Waals surface area (Å²) in [5.41, 5.74) is 3.27. The Morgan fingerprint density at radius 1 is 0.886 bits per heavy atom. The molecule has 186 valence electrons. The number of benzene rings is 2. The molecule has 0 radical (unpaired) electrons. The minimum Gasteiger partial charge on any atom is -0.497 e. The first-order chi connectivity index (χ1) is 17.0. The zero-order valence-corrected chi connectivity index (χ0v) is 21.4. The molecule has 1 heterocycles. The SMILES string of the molecule is COc1ccc(NC(=O)c2c(NCc3ccc(OC)c(OC)c3OC)sc3c2CCC3)c(OC)c1. The average molecular weight is 499 g/mol. The van der Waals surface area contributed by atoms with Crippen LogP contribution in [0.3, 0.4) is 0 Å². The van der Waals surface area contributed by atoms with Crippen molar-refractivity contribution in [2.75, 3.05) is 46.2 Å². The summed E-state index contributed by atoms with van der Waals surface area (Å²) >= 11 is 1.63. The summed E-state index contributed by atoms with van der Waals surface area (Å²) in [6.07, 6.45) is 2.92. The van der Waals surface area contributed by atoms with Gasteiger partial charge in [-0.25, -0.2) is 0 Å². The number of nitrogens with one attached hydrogen (secondary N) is 2. The number of rotatable bonds is 10. The summed E-state index contributed by atoms with van der Waals surface area (Å²) in [5, 5.41) is 7.32. The van der Waals surface area contributed by atoms with Gasteiger partial charge in [-0.3, -0.25) is 4.79 Å². The van der Waals surface area contributed by atoms with E-state index in [-0.39, 0.29) is 5.91 Å². The Bertz CT molecular complexity index is 1220. The lowest BCUT2D eigenvalue weighted by Gasteiger charge is -2.17. The highest BCUT2D eigenvalue weighted by atomic mass is 32.1. The van der Waals surface area contributed by atoms with Crippen molar-refractivity contribution in [1.82, 2.24) is 0 Å². The summed E-state index contributed by atoms with van der Waals surface area (Å²) in [7, 11) is 7.92. The fourth-order valence-electron chi connectivity index (χ4n) is 4.33. The molecule has 1 aromatic heterocycles. The van der Waals surface area contributed by atoms with Crippen LogP contribution in [-0.2, 0) is 19.4 Å². The molecule has 2 N–H and O–H groups in total. The maximum atomic E-state index is 13.5. The van der Waals surface area contributed by atoms with Gasteiger partial charge in [0.15, 0.2) is 11.5 Å². The summed E-state index contributed by atoms with van der Waals surface area (Å²) in [5.74, 6) is 2.74. The number of ether oxygens (including phenoxy) is 5. The molecule has 0 saturated carbocycles. The van der Waals surface area contributed by atoms with Gasteiger partial charge < -0.3 is 34.3 Å². The molecule has 9 heteroatoms.